The first-order valence-electron chi connectivity index (χ1n) is 5.21. The van der Waals surface area contributed by atoms with E-state index in [2.05, 4.69) is 5.73 Å². The number of carboxylic acid groups (broad SMARTS) is 1. The molecule has 0 radical (unpaired) electrons. The molecule has 0 aromatic heterocycles. The first kappa shape index (κ1) is 17.3. The molecule has 0 aromatic rings. The summed E-state index contributed by atoms with van der Waals surface area (Å²) in [7, 11) is 0. The highest BCUT2D eigenvalue weighted by Gasteiger charge is 2.26. The van der Waals surface area contributed by atoms with Crippen LogP contribution < -0.4 is 10.8 Å². The van der Waals surface area contributed by atoms with Gasteiger partial charge < -0.3 is 20.4 Å². The molecule has 0 aliphatic rings. The lowest BCUT2D eigenvalue weighted by molar-refractivity contribution is -0.419. The maximum absolute atomic E-state index is 11.3. The van der Waals surface area contributed by atoms with Crippen LogP contribution in [-0.4, -0.2) is 23.6 Å². The molecule has 5 nitrogen and oxygen atoms in total. The SMILES string of the molecule is CC(=O)[O-].CC(C)[C@H]([NH3+])C(=O)OC(C)(C)C. The van der Waals surface area contributed by atoms with Crippen LogP contribution in [0, 0.1) is 5.92 Å². The minimum absolute atomic E-state index is 0.211. The number of carbonyl (C=O) groups excluding carboxylic acids is 2. The van der Waals surface area contributed by atoms with Crippen molar-refractivity contribution in [3.05, 3.63) is 0 Å². The highest BCUT2D eigenvalue weighted by Crippen LogP contribution is 2.09. The molecular formula is C11H23NO4. The average molecular weight is 233 g/mol. The first-order valence-corrected chi connectivity index (χ1v) is 5.21. The number of hydrogen-bond acceptors (Lipinski definition) is 4. The van der Waals surface area contributed by atoms with Gasteiger partial charge in [0.05, 0.1) is 0 Å². The van der Waals surface area contributed by atoms with Gasteiger partial charge in [-0.25, -0.2) is 4.79 Å². The van der Waals surface area contributed by atoms with Gasteiger partial charge in [-0.1, -0.05) is 13.8 Å². The Morgan fingerprint density at radius 3 is 1.75 bits per heavy atom. The zero-order chi connectivity index (χ0) is 13.5. The minimum Gasteiger partial charge on any atom is -0.550 e. The van der Waals surface area contributed by atoms with Crippen LogP contribution in [0.3, 0.4) is 0 Å². The second-order valence-corrected chi connectivity index (χ2v) is 4.88. The number of carboxylic acids is 1. The van der Waals surface area contributed by atoms with Gasteiger partial charge in [0.2, 0.25) is 0 Å². The predicted molar refractivity (Wildman–Crippen MR) is 58.0 cm³/mol. The Hall–Kier alpha value is -1.10. The van der Waals surface area contributed by atoms with Gasteiger partial charge in [-0.2, -0.15) is 0 Å². The number of esters is 1. The smallest absolute Gasteiger partial charge is 0.365 e. The van der Waals surface area contributed by atoms with Crippen LogP contribution in [0.2, 0.25) is 0 Å². The van der Waals surface area contributed by atoms with Crippen LogP contribution in [0.15, 0.2) is 0 Å². The topological polar surface area (TPSA) is 94.1 Å². The lowest BCUT2D eigenvalue weighted by atomic mass is 10.1. The van der Waals surface area contributed by atoms with Gasteiger partial charge in [-0.15, -0.1) is 0 Å². The molecule has 5 heteroatoms. The fourth-order valence-corrected chi connectivity index (χ4v) is 0.650. The molecule has 0 heterocycles. The van der Waals surface area contributed by atoms with E-state index in [1.54, 1.807) is 0 Å². The molecule has 0 rings (SSSR count). The van der Waals surface area contributed by atoms with Gasteiger partial charge in [0, 0.05) is 11.9 Å². The summed E-state index contributed by atoms with van der Waals surface area (Å²) in [6.45, 7) is 10.5. The van der Waals surface area contributed by atoms with E-state index in [0.29, 0.717) is 0 Å². The molecule has 0 bridgehead atoms. The quantitative estimate of drug-likeness (QED) is 0.641. The van der Waals surface area contributed by atoms with Gasteiger partial charge in [0.15, 0.2) is 6.04 Å². The molecule has 0 aliphatic carbocycles. The van der Waals surface area contributed by atoms with E-state index in [0.717, 1.165) is 6.92 Å². The second kappa shape index (κ2) is 7.22. The van der Waals surface area contributed by atoms with Crippen molar-refractivity contribution in [3.63, 3.8) is 0 Å². The first-order chi connectivity index (χ1) is 6.97. The molecule has 0 aromatic carbocycles. The Morgan fingerprint density at radius 1 is 1.25 bits per heavy atom. The molecular weight excluding hydrogens is 210 g/mol. The van der Waals surface area contributed by atoms with Crippen molar-refractivity contribution in [1.82, 2.24) is 0 Å². The molecule has 0 fully saturated rings. The van der Waals surface area contributed by atoms with E-state index in [9.17, 15) is 4.79 Å². The number of hydrogen-bond donors (Lipinski definition) is 1. The zero-order valence-electron chi connectivity index (χ0n) is 11.0. The Labute approximate surface area is 97.0 Å². The van der Waals surface area contributed by atoms with Crippen LogP contribution in [0.5, 0.6) is 0 Å². The summed E-state index contributed by atoms with van der Waals surface area (Å²) >= 11 is 0. The van der Waals surface area contributed by atoms with Crippen molar-refractivity contribution >= 4 is 11.9 Å². The van der Waals surface area contributed by atoms with Crippen LogP contribution in [0.25, 0.3) is 0 Å². The fraction of sp³-hybridized carbons (Fsp3) is 0.818. The molecule has 1 atom stereocenters. The van der Waals surface area contributed by atoms with E-state index in [1.165, 1.54) is 0 Å². The van der Waals surface area contributed by atoms with Crippen molar-refractivity contribution in [2.45, 2.75) is 53.2 Å². The number of ether oxygens (including phenoxy) is 1. The Morgan fingerprint density at radius 2 is 1.56 bits per heavy atom. The molecule has 0 saturated heterocycles. The largest absolute Gasteiger partial charge is 0.550 e. The molecule has 0 saturated carbocycles. The molecule has 0 aliphatic heterocycles. The highest BCUT2D eigenvalue weighted by molar-refractivity contribution is 5.74. The molecule has 0 unspecified atom stereocenters. The summed E-state index contributed by atoms with van der Waals surface area (Å²) in [5, 5.41) is 8.89. The summed E-state index contributed by atoms with van der Waals surface area (Å²) in [4.78, 5) is 20.2. The average Bonchev–Trinajstić information content (AvgIpc) is 1.98. The molecule has 96 valence electrons. The molecule has 0 spiro atoms. The number of rotatable bonds is 2. The van der Waals surface area contributed by atoms with E-state index in [4.69, 9.17) is 14.6 Å². The van der Waals surface area contributed by atoms with Crippen molar-refractivity contribution in [1.29, 1.82) is 0 Å². The number of carbonyl (C=O) groups is 2. The third-order valence-electron chi connectivity index (χ3n) is 1.51. The number of aliphatic carboxylic acids is 1. The monoisotopic (exact) mass is 233 g/mol. The lowest BCUT2D eigenvalue weighted by Crippen LogP contribution is -2.68. The fourth-order valence-electron chi connectivity index (χ4n) is 0.650. The Bertz CT molecular complexity index is 227. The van der Waals surface area contributed by atoms with Crippen LogP contribution >= 0.6 is 0 Å². The van der Waals surface area contributed by atoms with Crippen molar-refractivity contribution in [2.24, 2.45) is 5.92 Å². The van der Waals surface area contributed by atoms with E-state index < -0.39 is 11.6 Å². The number of quaternary nitrogens is 1. The van der Waals surface area contributed by atoms with Crippen molar-refractivity contribution in [3.8, 4) is 0 Å². The summed E-state index contributed by atoms with van der Waals surface area (Å²) in [5.74, 6) is -1.06. The van der Waals surface area contributed by atoms with E-state index in [-0.39, 0.29) is 17.9 Å². The lowest BCUT2D eigenvalue weighted by Gasteiger charge is -2.21. The van der Waals surface area contributed by atoms with Crippen LogP contribution in [0.4, 0.5) is 0 Å². The maximum atomic E-state index is 11.3. The Kier molecular flexibility index (Phi) is 7.81. The minimum atomic E-state index is -1.08. The second-order valence-electron chi connectivity index (χ2n) is 4.88. The summed E-state index contributed by atoms with van der Waals surface area (Å²) in [6, 6.07) is -0.260. The van der Waals surface area contributed by atoms with Gasteiger partial charge in [-0.3, -0.25) is 0 Å². The normalized spacial score (nSPS) is 12.5. The standard InChI is InChI=1S/C9H19NO2.C2H4O2/c1-6(2)7(10)8(11)12-9(3,4)5;1-2(3)4/h6-7H,10H2,1-5H3;1H3,(H,3,4)/t7-;/m0./s1. The van der Waals surface area contributed by atoms with Crippen LogP contribution in [0.1, 0.15) is 41.5 Å². The summed E-state index contributed by atoms with van der Waals surface area (Å²) in [5.41, 5.74) is 3.35. The molecule has 0 amide bonds. The Balaban J connectivity index is 0. The summed E-state index contributed by atoms with van der Waals surface area (Å²) in [6.07, 6.45) is 0. The van der Waals surface area contributed by atoms with Gasteiger partial charge >= 0.3 is 5.97 Å². The predicted octanol–water partition coefficient (Wildman–Crippen LogP) is -0.649. The van der Waals surface area contributed by atoms with Gasteiger partial charge in [0.1, 0.15) is 5.60 Å². The third-order valence-corrected chi connectivity index (χ3v) is 1.51. The van der Waals surface area contributed by atoms with Crippen LogP contribution in [-0.2, 0) is 14.3 Å². The molecule has 16 heavy (non-hydrogen) atoms. The van der Waals surface area contributed by atoms with Crippen molar-refractivity contribution in [2.75, 3.05) is 0 Å². The van der Waals surface area contributed by atoms with Crippen molar-refractivity contribution < 1.29 is 25.2 Å². The highest BCUT2D eigenvalue weighted by atomic mass is 16.6. The summed E-state index contributed by atoms with van der Waals surface area (Å²) < 4.78 is 5.16. The van der Waals surface area contributed by atoms with Gasteiger partial charge in [-0.05, 0) is 27.7 Å². The zero-order valence-corrected chi connectivity index (χ0v) is 11.0. The van der Waals surface area contributed by atoms with E-state index >= 15 is 0 Å². The molecule has 3 N–H and O–H groups in total. The van der Waals surface area contributed by atoms with Gasteiger partial charge in [0.25, 0.3) is 0 Å². The van der Waals surface area contributed by atoms with E-state index in [1.807, 2.05) is 34.6 Å². The third kappa shape index (κ3) is 12.9. The maximum Gasteiger partial charge on any atom is 0.365 e.